The fourth-order valence-electron chi connectivity index (χ4n) is 5.87. The van der Waals surface area contributed by atoms with E-state index in [-0.39, 0.29) is 73.4 Å². The van der Waals surface area contributed by atoms with Gasteiger partial charge in [-0.15, -0.1) is 0 Å². The highest BCUT2D eigenvalue weighted by Gasteiger charge is 2.20. The van der Waals surface area contributed by atoms with E-state index < -0.39 is 48.3 Å². The van der Waals surface area contributed by atoms with Gasteiger partial charge in [-0.25, -0.2) is 4.98 Å². The van der Waals surface area contributed by atoms with E-state index in [1.807, 2.05) is 54.6 Å². The van der Waals surface area contributed by atoms with Crippen LogP contribution in [0.15, 0.2) is 142 Å². The highest BCUT2D eigenvalue weighted by atomic mass is 16.3. The Hall–Kier alpha value is -6.27. The lowest BCUT2D eigenvalue weighted by atomic mass is 10.1. The highest BCUT2D eigenvalue weighted by Crippen LogP contribution is 2.38. The van der Waals surface area contributed by atoms with E-state index in [0.717, 1.165) is 10.8 Å². The Morgan fingerprint density at radius 1 is 0.489 bits per heavy atom. The Morgan fingerprint density at radius 3 is 2.13 bits per heavy atom. The predicted molar refractivity (Wildman–Crippen MR) is 180 cm³/mol. The molecule has 4 aromatic heterocycles. The minimum Gasteiger partial charge on any atom is -0.456 e. The van der Waals surface area contributed by atoms with E-state index in [1.165, 1.54) is 4.57 Å². The summed E-state index contributed by atoms with van der Waals surface area (Å²) in [5, 5.41) is 1.45. The summed E-state index contributed by atoms with van der Waals surface area (Å²) in [5.41, 5.74) is 1.76. The van der Waals surface area contributed by atoms with Crippen LogP contribution in [0, 0.1) is 0 Å². The van der Waals surface area contributed by atoms with Crippen molar-refractivity contribution in [1.82, 2.24) is 19.5 Å². The van der Waals surface area contributed by atoms with Gasteiger partial charge >= 0.3 is 0 Å². The van der Waals surface area contributed by atoms with Gasteiger partial charge in [-0.05, 0) is 42.4 Å². The van der Waals surface area contributed by atoms with Gasteiger partial charge in [0.05, 0.1) is 24.7 Å². The van der Waals surface area contributed by atoms with Crippen LogP contribution in [-0.2, 0) is 0 Å². The summed E-state index contributed by atoms with van der Waals surface area (Å²) in [6.45, 7) is 0. The smallest absolute Gasteiger partial charge is 0.238 e. The number of hydrogen-bond acceptors (Lipinski definition) is 5. The first-order valence-electron chi connectivity index (χ1n) is 19.1. The number of aromatic nitrogens is 4. The zero-order chi connectivity index (χ0) is 38.2. The van der Waals surface area contributed by atoms with Crippen molar-refractivity contribution >= 4 is 65.7 Å². The SMILES string of the molecule is [2H]c1c([2H])c([2H])c2c(oc3c([2H])c4c5c([2H])c([2H])c([2H])c([2H])c5n(-c5nc(-c6ccccc6)nc(-c6ccc7c(c6)oc6ccccc67)n5)c4c([2H])c32)c1[2H]. The summed E-state index contributed by atoms with van der Waals surface area (Å²) in [6.07, 6.45) is 0. The molecule has 4 heterocycles. The standard InChI is InChI=1S/C39H22N4O2/c1-2-10-23(11-3-1)37-40-38(24-18-19-28-26-13-5-8-16-33(26)44-35(28)20-24)42-39(41-37)43-31-15-7-4-12-25(31)29-22-36-30(21-32(29)43)27-14-6-9-17-34(27)45-36/h1-22H/i4D,6D,7D,9D,12D,14D,15D,17D,21D,22D. The molecule has 0 saturated carbocycles. The van der Waals surface area contributed by atoms with E-state index in [1.54, 1.807) is 18.2 Å². The molecule has 10 aromatic rings. The van der Waals surface area contributed by atoms with Crippen molar-refractivity contribution < 1.29 is 22.5 Å². The van der Waals surface area contributed by atoms with E-state index in [2.05, 4.69) is 0 Å². The number of para-hydroxylation sites is 3. The van der Waals surface area contributed by atoms with Crippen molar-refractivity contribution in [2.75, 3.05) is 0 Å². The molecule has 0 radical (unpaired) electrons. The molecular weight excluding hydrogens is 556 g/mol. The quantitative estimate of drug-likeness (QED) is 0.205. The summed E-state index contributed by atoms with van der Waals surface area (Å²) in [7, 11) is 0. The molecule has 0 aliphatic heterocycles. The topological polar surface area (TPSA) is 69.9 Å². The largest absolute Gasteiger partial charge is 0.456 e. The molecule has 0 spiro atoms. The van der Waals surface area contributed by atoms with Crippen LogP contribution in [0.2, 0.25) is 0 Å². The normalized spacial score (nSPS) is 15.1. The fourth-order valence-corrected chi connectivity index (χ4v) is 5.87. The van der Waals surface area contributed by atoms with Crippen molar-refractivity contribution in [3.63, 3.8) is 0 Å². The molecule has 0 atom stereocenters. The van der Waals surface area contributed by atoms with Crippen LogP contribution in [0.5, 0.6) is 0 Å². The molecule has 210 valence electrons. The maximum absolute atomic E-state index is 9.65. The maximum atomic E-state index is 9.65. The molecule has 0 aliphatic rings. The lowest BCUT2D eigenvalue weighted by molar-refractivity contribution is 0.669. The van der Waals surface area contributed by atoms with Gasteiger partial charge in [0.15, 0.2) is 11.6 Å². The molecule has 6 aromatic carbocycles. The molecule has 10 rings (SSSR count). The van der Waals surface area contributed by atoms with Crippen molar-refractivity contribution in [1.29, 1.82) is 0 Å². The van der Waals surface area contributed by atoms with Gasteiger partial charge in [0.2, 0.25) is 5.95 Å². The summed E-state index contributed by atoms with van der Waals surface area (Å²) < 4.78 is 102. The van der Waals surface area contributed by atoms with Crippen molar-refractivity contribution in [2.45, 2.75) is 0 Å². The van der Waals surface area contributed by atoms with Crippen LogP contribution in [0.25, 0.3) is 94.4 Å². The van der Waals surface area contributed by atoms with Gasteiger partial charge in [0.25, 0.3) is 0 Å². The van der Waals surface area contributed by atoms with Crippen LogP contribution < -0.4 is 0 Å². The Morgan fingerprint density at radius 2 is 1.22 bits per heavy atom. The van der Waals surface area contributed by atoms with Gasteiger partial charge in [0, 0.05) is 43.4 Å². The van der Waals surface area contributed by atoms with Crippen molar-refractivity contribution in [3.8, 4) is 28.7 Å². The average Bonchev–Trinajstić information content (AvgIpc) is 3.91. The average molecular weight is 589 g/mol. The lowest BCUT2D eigenvalue weighted by Crippen LogP contribution is -2.06. The number of benzene rings is 6. The second kappa shape index (κ2) is 9.11. The molecule has 0 saturated heterocycles. The first-order valence-corrected chi connectivity index (χ1v) is 14.1. The molecule has 45 heavy (non-hydrogen) atoms. The highest BCUT2D eigenvalue weighted by molar-refractivity contribution is 6.17. The Kier molecular flexibility index (Phi) is 3.35. The molecule has 6 nitrogen and oxygen atoms in total. The maximum Gasteiger partial charge on any atom is 0.238 e. The van der Waals surface area contributed by atoms with Gasteiger partial charge in [0.1, 0.15) is 22.3 Å². The minimum absolute atomic E-state index is 0.0688. The second-order valence-electron chi connectivity index (χ2n) is 10.5. The summed E-state index contributed by atoms with van der Waals surface area (Å²) in [6, 6.07) is 17.4. The zero-order valence-electron chi connectivity index (χ0n) is 33.0. The minimum atomic E-state index is -0.563. The number of hydrogen-bond donors (Lipinski definition) is 0. The third-order valence-corrected chi connectivity index (χ3v) is 7.91. The molecular formula is C39H22N4O2. The Balaban J connectivity index is 1.38. The van der Waals surface area contributed by atoms with E-state index in [9.17, 15) is 2.74 Å². The molecule has 0 bridgehead atoms. The third kappa shape index (κ3) is 3.60. The van der Waals surface area contributed by atoms with Crippen molar-refractivity contribution in [2.24, 2.45) is 0 Å². The van der Waals surface area contributed by atoms with E-state index in [4.69, 9.17) is 34.8 Å². The van der Waals surface area contributed by atoms with E-state index in [0.29, 0.717) is 22.3 Å². The fraction of sp³-hybridized carbons (Fsp3) is 0. The van der Waals surface area contributed by atoms with Crippen LogP contribution in [-0.4, -0.2) is 19.5 Å². The van der Waals surface area contributed by atoms with Gasteiger partial charge in [-0.2, -0.15) is 9.97 Å². The lowest BCUT2D eigenvalue weighted by Gasteiger charge is -2.11. The molecule has 0 aliphatic carbocycles. The number of fused-ring (bicyclic) bond motifs is 9. The molecule has 0 unspecified atom stereocenters. The molecule has 0 amide bonds. The Bertz CT molecular complexity index is 3340. The molecule has 0 N–H and O–H groups in total. The molecule has 6 heteroatoms. The van der Waals surface area contributed by atoms with Gasteiger partial charge in [-0.1, -0.05) is 90.9 Å². The third-order valence-electron chi connectivity index (χ3n) is 7.91. The number of nitrogens with zero attached hydrogens (tertiary/aromatic N) is 4. The van der Waals surface area contributed by atoms with Crippen LogP contribution in [0.1, 0.15) is 13.7 Å². The van der Waals surface area contributed by atoms with Gasteiger partial charge in [-0.3, -0.25) is 4.57 Å². The van der Waals surface area contributed by atoms with E-state index >= 15 is 0 Å². The van der Waals surface area contributed by atoms with Crippen LogP contribution >= 0.6 is 0 Å². The summed E-state index contributed by atoms with van der Waals surface area (Å²) in [4.78, 5) is 14.5. The second-order valence-corrected chi connectivity index (χ2v) is 10.5. The van der Waals surface area contributed by atoms with Crippen LogP contribution in [0.3, 0.4) is 0 Å². The summed E-state index contributed by atoms with van der Waals surface area (Å²) >= 11 is 0. The summed E-state index contributed by atoms with van der Waals surface area (Å²) in [5.74, 6) is 0.270. The zero-order valence-corrected chi connectivity index (χ0v) is 23.0. The van der Waals surface area contributed by atoms with Crippen molar-refractivity contribution in [3.05, 3.63) is 133 Å². The predicted octanol–water partition coefficient (Wildman–Crippen LogP) is 10.1. The number of furan rings is 2. The van der Waals surface area contributed by atoms with Crippen LogP contribution in [0.4, 0.5) is 0 Å². The molecule has 0 fully saturated rings. The monoisotopic (exact) mass is 588 g/mol. The first kappa shape index (κ1) is 16.5. The number of rotatable bonds is 3. The Labute approximate surface area is 269 Å². The van der Waals surface area contributed by atoms with Gasteiger partial charge < -0.3 is 8.83 Å². The first-order chi connectivity index (χ1) is 26.5.